The molecule has 0 aliphatic rings. The van der Waals surface area contributed by atoms with Crippen LogP contribution in [-0.4, -0.2) is 24.3 Å². The maximum Gasteiger partial charge on any atom is 0.271 e. The number of non-ortho nitro benzene ring substituents is 1. The minimum absolute atomic E-state index is 0.0140. The Morgan fingerprint density at radius 1 is 1.13 bits per heavy atom. The normalized spacial score (nSPS) is 9.83. The molecule has 2 aromatic carbocycles. The summed E-state index contributed by atoms with van der Waals surface area (Å²) in [6.07, 6.45) is 0. The summed E-state index contributed by atoms with van der Waals surface area (Å²) in [5.74, 6) is 1.22. The van der Waals surface area contributed by atoms with Crippen molar-refractivity contribution in [3.8, 4) is 11.5 Å². The molecule has 2 aromatic rings. The topological polar surface area (TPSA) is 85.7 Å². The third-order valence-electron chi connectivity index (χ3n) is 2.97. The van der Waals surface area contributed by atoms with Gasteiger partial charge in [0.25, 0.3) is 5.69 Å². The summed E-state index contributed by atoms with van der Waals surface area (Å²) >= 11 is 5.22. The molecule has 2 N–H and O–H groups in total. The molecule has 7 nitrogen and oxygen atoms in total. The Kier molecular flexibility index (Phi) is 5.32. The van der Waals surface area contributed by atoms with Gasteiger partial charge in [-0.25, -0.2) is 0 Å². The van der Waals surface area contributed by atoms with Crippen LogP contribution in [0.4, 0.5) is 17.1 Å². The van der Waals surface area contributed by atoms with Gasteiger partial charge >= 0.3 is 0 Å². The molecule has 0 atom stereocenters. The van der Waals surface area contributed by atoms with E-state index in [0.717, 1.165) is 0 Å². The van der Waals surface area contributed by atoms with E-state index in [-0.39, 0.29) is 10.8 Å². The molecule has 23 heavy (non-hydrogen) atoms. The summed E-state index contributed by atoms with van der Waals surface area (Å²) in [5.41, 5.74) is 1.15. The van der Waals surface area contributed by atoms with Gasteiger partial charge in [-0.05, 0) is 30.4 Å². The molecule has 8 heteroatoms. The number of nitro groups is 1. The number of hydrogen-bond donors (Lipinski definition) is 2. The lowest BCUT2D eigenvalue weighted by Crippen LogP contribution is -2.19. The van der Waals surface area contributed by atoms with Gasteiger partial charge in [0.2, 0.25) is 0 Å². The minimum atomic E-state index is -0.464. The average molecular weight is 333 g/mol. The number of methoxy groups -OCH3 is 2. The number of nitro benzene ring substituents is 1. The van der Waals surface area contributed by atoms with E-state index < -0.39 is 4.92 Å². The van der Waals surface area contributed by atoms with Crippen LogP contribution in [0.2, 0.25) is 0 Å². The van der Waals surface area contributed by atoms with Gasteiger partial charge in [0.05, 0.1) is 24.8 Å². The average Bonchev–Trinajstić information content (AvgIpc) is 2.55. The Bertz CT molecular complexity index is 736. The Morgan fingerprint density at radius 3 is 2.57 bits per heavy atom. The van der Waals surface area contributed by atoms with Crippen molar-refractivity contribution < 1.29 is 14.4 Å². The van der Waals surface area contributed by atoms with Gasteiger partial charge in [-0.2, -0.15) is 0 Å². The van der Waals surface area contributed by atoms with Gasteiger partial charge < -0.3 is 20.1 Å². The number of benzene rings is 2. The van der Waals surface area contributed by atoms with Crippen molar-refractivity contribution in [3.05, 3.63) is 52.6 Å². The van der Waals surface area contributed by atoms with Crippen molar-refractivity contribution in [2.24, 2.45) is 0 Å². The Morgan fingerprint density at radius 2 is 1.91 bits per heavy atom. The van der Waals surface area contributed by atoms with E-state index in [1.807, 2.05) is 0 Å². The van der Waals surface area contributed by atoms with E-state index in [9.17, 15) is 10.1 Å². The molecule has 0 saturated heterocycles. The van der Waals surface area contributed by atoms with Crippen LogP contribution in [0, 0.1) is 10.1 Å². The van der Waals surface area contributed by atoms with Crippen LogP contribution in [-0.2, 0) is 0 Å². The Labute approximate surface area is 138 Å². The predicted molar refractivity (Wildman–Crippen MR) is 92.5 cm³/mol. The number of nitrogens with one attached hydrogen (secondary N) is 2. The van der Waals surface area contributed by atoms with Crippen LogP contribution >= 0.6 is 12.2 Å². The summed E-state index contributed by atoms with van der Waals surface area (Å²) in [5, 5.41) is 16.9. The van der Waals surface area contributed by atoms with Crippen LogP contribution in [0.1, 0.15) is 0 Å². The van der Waals surface area contributed by atoms with Gasteiger partial charge in [-0.1, -0.05) is 6.07 Å². The second-order valence-electron chi connectivity index (χ2n) is 4.45. The zero-order chi connectivity index (χ0) is 16.8. The third kappa shape index (κ3) is 4.30. The Hall–Kier alpha value is -2.87. The molecule has 120 valence electrons. The zero-order valence-corrected chi connectivity index (χ0v) is 13.3. The number of anilines is 2. The lowest BCUT2D eigenvalue weighted by atomic mass is 10.2. The molecule has 0 aliphatic heterocycles. The monoisotopic (exact) mass is 333 g/mol. The zero-order valence-electron chi connectivity index (χ0n) is 12.5. The lowest BCUT2D eigenvalue weighted by Gasteiger charge is -2.14. The highest BCUT2D eigenvalue weighted by molar-refractivity contribution is 7.80. The summed E-state index contributed by atoms with van der Waals surface area (Å²) in [6.45, 7) is 0. The van der Waals surface area contributed by atoms with Crippen LogP contribution in [0.5, 0.6) is 11.5 Å². The van der Waals surface area contributed by atoms with E-state index >= 15 is 0 Å². The van der Waals surface area contributed by atoms with Gasteiger partial charge in [0.15, 0.2) is 5.11 Å². The molecule has 0 fully saturated rings. The first-order valence-corrected chi connectivity index (χ1v) is 6.99. The first-order valence-electron chi connectivity index (χ1n) is 6.58. The highest BCUT2D eigenvalue weighted by Crippen LogP contribution is 2.29. The first-order chi connectivity index (χ1) is 11.0. The molecular formula is C15H15N3O4S. The van der Waals surface area contributed by atoms with E-state index in [2.05, 4.69) is 10.6 Å². The minimum Gasteiger partial charge on any atom is -0.497 e. The van der Waals surface area contributed by atoms with E-state index in [0.29, 0.717) is 22.9 Å². The molecule has 0 aliphatic carbocycles. The van der Waals surface area contributed by atoms with E-state index in [1.54, 1.807) is 37.4 Å². The molecule has 0 aromatic heterocycles. The van der Waals surface area contributed by atoms with Crippen LogP contribution in [0.25, 0.3) is 0 Å². The molecule has 0 spiro atoms. The number of rotatable bonds is 5. The molecule has 0 radical (unpaired) electrons. The standard InChI is InChI=1S/C15H15N3O4S/c1-21-12-6-7-13(14(9-12)22-2)17-15(23)16-10-4-3-5-11(8-10)18(19)20/h3-9H,1-2H3,(H2,16,17,23). The van der Waals surface area contributed by atoms with Crippen molar-refractivity contribution in [1.82, 2.24) is 0 Å². The van der Waals surface area contributed by atoms with Crippen molar-refractivity contribution in [2.45, 2.75) is 0 Å². The van der Waals surface area contributed by atoms with Crippen molar-refractivity contribution in [2.75, 3.05) is 24.9 Å². The van der Waals surface area contributed by atoms with Gasteiger partial charge in [0, 0.05) is 23.9 Å². The number of nitrogens with zero attached hydrogens (tertiary/aromatic N) is 1. The van der Waals surface area contributed by atoms with Crippen LogP contribution in [0.15, 0.2) is 42.5 Å². The first kappa shape index (κ1) is 16.5. The predicted octanol–water partition coefficient (Wildman–Crippen LogP) is 3.42. The van der Waals surface area contributed by atoms with Gasteiger partial charge in [-0.15, -0.1) is 0 Å². The second kappa shape index (κ2) is 7.41. The number of hydrogen-bond acceptors (Lipinski definition) is 5. The fourth-order valence-corrected chi connectivity index (χ4v) is 2.11. The fourth-order valence-electron chi connectivity index (χ4n) is 1.88. The largest absolute Gasteiger partial charge is 0.497 e. The smallest absolute Gasteiger partial charge is 0.271 e. The van der Waals surface area contributed by atoms with Crippen molar-refractivity contribution in [3.63, 3.8) is 0 Å². The highest BCUT2D eigenvalue weighted by atomic mass is 32.1. The summed E-state index contributed by atoms with van der Waals surface area (Å²) in [6, 6.07) is 11.3. The lowest BCUT2D eigenvalue weighted by molar-refractivity contribution is -0.384. The van der Waals surface area contributed by atoms with Crippen molar-refractivity contribution in [1.29, 1.82) is 0 Å². The summed E-state index contributed by atoms with van der Waals surface area (Å²) in [4.78, 5) is 10.3. The molecule has 2 rings (SSSR count). The molecule has 0 bridgehead atoms. The van der Waals surface area contributed by atoms with Gasteiger partial charge in [-0.3, -0.25) is 10.1 Å². The Balaban J connectivity index is 2.10. The van der Waals surface area contributed by atoms with E-state index in [4.69, 9.17) is 21.7 Å². The van der Waals surface area contributed by atoms with Gasteiger partial charge in [0.1, 0.15) is 11.5 Å². The fraction of sp³-hybridized carbons (Fsp3) is 0.133. The maximum atomic E-state index is 10.8. The van der Waals surface area contributed by atoms with E-state index in [1.165, 1.54) is 19.2 Å². The molecule has 0 saturated carbocycles. The van der Waals surface area contributed by atoms with Crippen molar-refractivity contribution >= 4 is 34.4 Å². The molecule has 0 unspecified atom stereocenters. The summed E-state index contributed by atoms with van der Waals surface area (Å²) in [7, 11) is 3.10. The number of ether oxygens (including phenoxy) is 2. The van der Waals surface area contributed by atoms with Crippen LogP contribution in [0.3, 0.4) is 0 Å². The summed E-state index contributed by atoms with van der Waals surface area (Å²) < 4.78 is 10.4. The van der Waals surface area contributed by atoms with Crippen LogP contribution < -0.4 is 20.1 Å². The number of thiocarbonyl (C=S) groups is 1. The maximum absolute atomic E-state index is 10.8. The second-order valence-corrected chi connectivity index (χ2v) is 4.86. The highest BCUT2D eigenvalue weighted by Gasteiger charge is 2.09. The molecular weight excluding hydrogens is 318 g/mol. The molecule has 0 heterocycles. The SMILES string of the molecule is COc1ccc(NC(=S)Nc2cccc([N+](=O)[O-])c2)c(OC)c1. The third-order valence-corrected chi connectivity index (χ3v) is 3.18. The quantitative estimate of drug-likeness (QED) is 0.492. The molecule has 0 amide bonds.